The average Bonchev–Trinajstić information content (AvgIpc) is 3.25. The summed E-state index contributed by atoms with van der Waals surface area (Å²) in [5, 5.41) is 11.3. The van der Waals surface area contributed by atoms with E-state index in [9.17, 15) is 4.79 Å². The standard InChI is InChI=1S/C17H14N4O3/c1-9-7-12(10(2)23-9)16-20-21-17(24-16)19-15(22)13-8-18-14-6-4-3-5-11(13)14/h3-8,18H,1-2H3,(H,19,21,22). The first kappa shape index (κ1) is 14.3. The minimum Gasteiger partial charge on any atom is -0.466 e. The van der Waals surface area contributed by atoms with E-state index in [1.165, 1.54) is 0 Å². The third kappa shape index (κ3) is 2.36. The number of carbonyl (C=O) groups excluding carboxylic acids is 1. The van der Waals surface area contributed by atoms with E-state index < -0.39 is 0 Å². The number of furan rings is 1. The summed E-state index contributed by atoms with van der Waals surface area (Å²) in [6.07, 6.45) is 1.65. The number of hydrogen-bond donors (Lipinski definition) is 2. The molecule has 0 aliphatic carbocycles. The molecule has 2 N–H and O–H groups in total. The number of nitrogens with zero attached hydrogens (tertiary/aromatic N) is 2. The molecule has 1 aromatic carbocycles. The van der Waals surface area contributed by atoms with Gasteiger partial charge in [-0.3, -0.25) is 10.1 Å². The summed E-state index contributed by atoms with van der Waals surface area (Å²) in [5.74, 6) is 1.43. The summed E-state index contributed by atoms with van der Waals surface area (Å²) in [6, 6.07) is 9.41. The van der Waals surface area contributed by atoms with Crippen molar-refractivity contribution in [1.29, 1.82) is 0 Å². The van der Waals surface area contributed by atoms with E-state index in [-0.39, 0.29) is 11.9 Å². The van der Waals surface area contributed by atoms with E-state index in [0.717, 1.165) is 16.7 Å². The summed E-state index contributed by atoms with van der Waals surface area (Å²) in [6.45, 7) is 3.66. The fourth-order valence-corrected chi connectivity index (χ4v) is 2.65. The number of rotatable bonds is 3. The number of aromatic nitrogens is 3. The highest BCUT2D eigenvalue weighted by Crippen LogP contribution is 2.27. The highest BCUT2D eigenvalue weighted by atomic mass is 16.4. The van der Waals surface area contributed by atoms with Gasteiger partial charge in [-0.2, -0.15) is 0 Å². The molecule has 7 nitrogen and oxygen atoms in total. The van der Waals surface area contributed by atoms with Crippen LogP contribution in [-0.4, -0.2) is 21.1 Å². The summed E-state index contributed by atoms with van der Waals surface area (Å²) in [4.78, 5) is 15.5. The van der Waals surface area contributed by atoms with E-state index in [0.29, 0.717) is 22.8 Å². The molecule has 0 aliphatic rings. The molecule has 0 aliphatic heterocycles. The van der Waals surface area contributed by atoms with Crippen molar-refractivity contribution in [2.75, 3.05) is 5.32 Å². The van der Waals surface area contributed by atoms with Gasteiger partial charge in [0.1, 0.15) is 11.5 Å². The smallest absolute Gasteiger partial charge is 0.322 e. The summed E-state index contributed by atoms with van der Waals surface area (Å²) in [5.41, 5.74) is 2.12. The number of benzene rings is 1. The largest absolute Gasteiger partial charge is 0.466 e. The topological polar surface area (TPSA) is 97.0 Å². The molecule has 7 heteroatoms. The maximum absolute atomic E-state index is 12.4. The SMILES string of the molecule is Cc1cc(-c2nnc(NC(=O)c3c[nH]c4ccccc34)o2)c(C)o1. The van der Waals surface area contributed by atoms with E-state index >= 15 is 0 Å². The van der Waals surface area contributed by atoms with Gasteiger partial charge >= 0.3 is 6.01 Å². The van der Waals surface area contributed by atoms with Crippen LogP contribution in [0.5, 0.6) is 0 Å². The van der Waals surface area contributed by atoms with Crippen molar-refractivity contribution in [3.8, 4) is 11.5 Å². The molecule has 24 heavy (non-hydrogen) atoms. The number of fused-ring (bicyclic) bond motifs is 1. The molecule has 0 saturated heterocycles. The summed E-state index contributed by atoms with van der Waals surface area (Å²) < 4.78 is 11.0. The first-order valence-corrected chi connectivity index (χ1v) is 7.40. The predicted octanol–water partition coefficient (Wildman–Crippen LogP) is 3.68. The molecule has 0 radical (unpaired) electrons. The van der Waals surface area contributed by atoms with Crippen molar-refractivity contribution in [3.05, 3.63) is 53.6 Å². The molecule has 0 saturated carbocycles. The van der Waals surface area contributed by atoms with Crippen LogP contribution in [0.15, 0.2) is 45.4 Å². The molecule has 0 unspecified atom stereocenters. The number of carbonyl (C=O) groups is 1. The van der Waals surface area contributed by atoms with Crippen molar-refractivity contribution in [2.45, 2.75) is 13.8 Å². The third-order valence-electron chi connectivity index (χ3n) is 3.75. The number of anilines is 1. The molecule has 4 rings (SSSR count). The van der Waals surface area contributed by atoms with Crippen LogP contribution in [0.25, 0.3) is 22.4 Å². The van der Waals surface area contributed by atoms with Crippen LogP contribution < -0.4 is 5.32 Å². The number of aryl methyl sites for hydroxylation is 2. The minimum atomic E-state index is -0.317. The minimum absolute atomic E-state index is 0.0403. The number of amides is 1. The van der Waals surface area contributed by atoms with Gasteiger partial charge in [0.25, 0.3) is 11.8 Å². The summed E-state index contributed by atoms with van der Waals surface area (Å²) in [7, 11) is 0. The Morgan fingerprint density at radius 3 is 2.79 bits per heavy atom. The zero-order valence-corrected chi connectivity index (χ0v) is 13.1. The van der Waals surface area contributed by atoms with Gasteiger partial charge in [0.15, 0.2) is 0 Å². The van der Waals surface area contributed by atoms with Gasteiger partial charge in [-0.15, -0.1) is 5.10 Å². The van der Waals surface area contributed by atoms with E-state index in [4.69, 9.17) is 8.83 Å². The highest BCUT2D eigenvalue weighted by Gasteiger charge is 2.18. The first-order chi connectivity index (χ1) is 11.6. The summed E-state index contributed by atoms with van der Waals surface area (Å²) >= 11 is 0. The second-order valence-electron chi connectivity index (χ2n) is 5.44. The van der Waals surface area contributed by atoms with Crippen LogP contribution in [0, 0.1) is 13.8 Å². The van der Waals surface area contributed by atoms with E-state index in [1.54, 1.807) is 6.20 Å². The molecule has 120 valence electrons. The maximum atomic E-state index is 12.4. The lowest BCUT2D eigenvalue weighted by Gasteiger charge is -1.98. The fourth-order valence-electron chi connectivity index (χ4n) is 2.65. The molecular formula is C17H14N4O3. The number of para-hydroxylation sites is 1. The maximum Gasteiger partial charge on any atom is 0.322 e. The van der Waals surface area contributed by atoms with Gasteiger partial charge in [0.05, 0.1) is 11.1 Å². The Bertz CT molecular complexity index is 1040. The first-order valence-electron chi connectivity index (χ1n) is 7.40. The van der Waals surface area contributed by atoms with Crippen molar-refractivity contribution in [3.63, 3.8) is 0 Å². The highest BCUT2D eigenvalue weighted by molar-refractivity contribution is 6.12. The molecule has 4 aromatic rings. The van der Waals surface area contributed by atoms with Crippen molar-refractivity contribution in [1.82, 2.24) is 15.2 Å². The van der Waals surface area contributed by atoms with Gasteiger partial charge in [0, 0.05) is 17.1 Å². The normalized spacial score (nSPS) is 11.1. The zero-order chi connectivity index (χ0) is 16.7. The van der Waals surface area contributed by atoms with Crippen molar-refractivity contribution >= 4 is 22.8 Å². The fraction of sp³-hybridized carbons (Fsp3) is 0.118. The van der Waals surface area contributed by atoms with Crippen LogP contribution in [0.4, 0.5) is 6.01 Å². The Morgan fingerprint density at radius 2 is 2.00 bits per heavy atom. The quantitative estimate of drug-likeness (QED) is 0.599. The van der Waals surface area contributed by atoms with Crippen LogP contribution in [0.3, 0.4) is 0 Å². The third-order valence-corrected chi connectivity index (χ3v) is 3.75. The number of H-pyrrole nitrogens is 1. The Morgan fingerprint density at radius 1 is 1.17 bits per heavy atom. The number of nitrogens with one attached hydrogen (secondary N) is 2. The zero-order valence-electron chi connectivity index (χ0n) is 13.1. The lowest BCUT2D eigenvalue weighted by molar-refractivity contribution is 0.102. The number of aromatic amines is 1. The van der Waals surface area contributed by atoms with Crippen LogP contribution in [0.1, 0.15) is 21.9 Å². The molecule has 1 amide bonds. The lowest BCUT2D eigenvalue weighted by atomic mass is 10.2. The van der Waals surface area contributed by atoms with Gasteiger partial charge in [-0.1, -0.05) is 23.3 Å². The van der Waals surface area contributed by atoms with Gasteiger partial charge in [-0.05, 0) is 26.0 Å². The second kappa shape index (κ2) is 5.38. The Hall–Kier alpha value is -3.35. The van der Waals surface area contributed by atoms with Crippen molar-refractivity contribution < 1.29 is 13.6 Å². The Labute approximate surface area is 136 Å². The molecule has 0 atom stereocenters. The van der Waals surface area contributed by atoms with E-state index in [2.05, 4.69) is 20.5 Å². The van der Waals surface area contributed by atoms with Crippen LogP contribution >= 0.6 is 0 Å². The van der Waals surface area contributed by atoms with Gasteiger partial charge in [-0.25, -0.2) is 0 Å². The van der Waals surface area contributed by atoms with Crippen LogP contribution in [-0.2, 0) is 0 Å². The van der Waals surface area contributed by atoms with Gasteiger partial charge < -0.3 is 13.8 Å². The van der Waals surface area contributed by atoms with Gasteiger partial charge in [0.2, 0.25) is 0 Å². The molecule has 0 fully saturated rings. The second-order valence-corrected chi connectivity index (χ2v) is 5.44. The van der Waals surface area contributed by atoms with E-state index in [1.807, 2.05) is 44.2 Å². The molecule has 0 bridgehead atoms. The Kier molecular flexibility index (Phi) is 3.19. The Balaban J connectivity index is 1.60. The average molecular weight is 322 g/mol. The predicted molar refractivity (Wildman–Crippen MR) is 87.7 cm³/mol. The lowest BCUT2D eigenvalue weighted by Crippen LogP contribution is -2.11. The molecule has 0 spiro atoms. The number of hydrogen-bond acceptors (Lipinski definition) is 5. The molecule has 3 heterocycles. The monoisotopic (exact) mass is 322 g/mol. The van der Waals surface area contributed by atoms with Crippen molar-refractivity contribution in [2.24, 2.45) is 0 Å². The molecule has 3 aromatic heterocycles. The van der Waals surface area contributed by atoms with Crippen LogP contribution in [0.2, 0.25) is 0 Å². The molecular weight excluding hydrogens is 308 g/mol.